The summed E-state index contributed by atoms with van der Waals surface area (Å²) >= 11 is 1.92. The van der Waals surface area contributed by atoms with Crippen molar-refractivity contribution in [2.45, 2.75) is 68.9 Å². The number of amides is 3. The average Bonchev–Trinajstić information content (AvgIpc) is 3.03. The minimum Gasteiger partial charge on any atom is -0.311 e. The fourth-order valence-electron chi connectivity index (χ4n) is 4.08. The Kier molecular flexibility index (Phi) is 5.42. The molecule has 2 N–H and O–H groups in total. The lowest BCUT2D eigenvalue weighted by molar-refractivity contribution is -0.140. The third-order valence-electron chi connectivity index (χ3n) is 5.37. The Morgan fingerprint density at radius 1 is 1.17 bits per heavy atom. The van der Waals surface area contributed by atoms with Crippen LogP contribution in [0.1, 0.15) is 46.0 Å². The van der Waals surface area contributed by atoms with Gasteiger partial charge in [0.15, 0.2) is 0 Å². The predicted molar refractivity (Wildman–Crippen MR) is 96.4 cm³/mol. The number of imide groups is 1. The molecule has 3 fully saturated rings. The van der Waals surface area contributed by atoms with E-state index < -0.39 is 0 Å². The molecule has 2 heterocycles. The van der Waals surface area contributed by atoms with Crippen LogP contribution < -0.4 is 10.6 Å². The van der Waals surface area contributed by atoms with Gasteiger partial charge in [-0.3, -0.25) is 20.3 Å². The van der Waals surface area contributed by atoms with Crippen LogP contribution in [0.5, 0.6) is 0 Å². The maximum absolute atomic E-state index is 12.8. The van der Waals surface area contributed by atoms with Gasteiger partial charge in [-0.15, -0.1) is 11.8 Å². The lowest BCUT2D eigenvalue weighted by atomic mass is 9.95. The first-order valence-corrected chi connectivity index (χ1v) is 10.0. The summed E-state index contributed by atoms with van der Waals surface area (Å²) in [6.07, 6.45) is 5.96. The smallest absolute Gasteiger partial charge is 0.311 e. The molecule has 3 amide bonds. The molecule has 0 radical (unpaired) electrons. The number of rotatable bonds is 4. The van der Waals surface area contributed by atoms with Gasteiger partial charge < -0.3 is 4.90 Å². The Balaban J connectivity index is 1.82. The Morgan fingerprint density at radius 2 is 1.83 bits per heavy atom. The topological polar surface area (TPSA) is 64.7 Å². The fourth-order valence-corrected chi connectivity index (χ4v) is 5.78. The first-order chi connectivity index (χ1) is 11.4. The molecule has 24 heavy (non-hydrogen) atoms. The van der Waals surface area contributed by atoms with Gasteiger partial charge in [0.1, 0.15) is 0 Å². The van der Waals surface area contributed by atoms with E-state index in [4.69, 9.17) is 0 Å². The summed E-state index contributed by atoms with van der Waals surface area (Å²) in [7, 11) is 3.39. The van der Waals surface area contributed by atoms with Crippen LogP contribution in [0.15, 0.2) is 0 Å². The molecular formula is C17H30N4O2S. The molecule has 3 rings (SSSR count). The molecule has 4 atom stereocenters. The van der Waals surface area contributed by atoms with Crippen LogP contribution in [0, 0.1) is 11.8 Å². The Morgan fingerprint density at radius 3 is 2.46 bits per heavy atom. The maximum atomic E-state index is 12.8. The molecule has 1 saturated carbocycles. The number of nitrogens with one attached hydrogen (secondary N) is 2. The van der Waals surface area contributed by atoms with Crippen LogP contribution >= 0.6 is 11.8 Å². The van der Waals surface area contributed by atoms with Crippen LogP contribution in [-0.4, -0.2) is 58.8 Å². The van der Waals surface area contributed by atoms with E-state index in [0.717, 1.165) is 6.42 Å². The summed E-state index contributed by atoms with van der Waals surface area (Å²) in [5.41, 5.74) is 0. The average molecular weight is 355 g/mol. The molecule has 6 nitrogen and oxygen atoms in total. The van der Waals surface area contributed by atoms with Crippen LogP contribution in [0.4, 0.5) is 4.79 Å². The Labute approximate surface area is 149 Å². The van der Waals surface area contributed by atoms with Crippen molar-refractivity contribution in [3.05, 3.63) is 0 Å². The normalized spacial score (nSPS) is 35.0. The maximum Gasteiger partial charge on any atom is 0.327 e. The van der Waals surface area contributed by atoms with Gasteiger partial charge in [0.05, 0.1) is 23.6 Å². The highest BCUT2D eigenvalue weighted by atomic mass is 32.2. The van der Waals surface area contributed by atoms with Gasteiger partial charge in [-0.1, -0.05) is 26.7 Å². The van der Waals surface area contributed by atoms with E-state index in [1.54, 1.807) is 19.0 Å². The van der Waals surface area contributed by atoms with E-state index in [9.17, 15) is 9.59 Å². The van der Waals surface area contributed by atoms with E-state index in [2.05, 4.69) is 24.5 Å². The zero-order valence-electron chi connectivity index (χ0n) is 15.1. The van der Waals surface area contributed by atoms with Crippen molar-refractivity contribution in [3.63, 3.8) is 0 Å². The zero-order chi connectivity index (χ0) is 17.4. The van der Waals surface area contributed by atoms with E-state index in [0.29, 0.717) is 11.2 Å². The molecular weight excluding hydrogens is 324 g/mol. The van der Waals surface area contributed by atoms with Crippen molar-refractivity contribution in [1.29, 1.82) is 0 Å². The van der Waals surface area contributed by atoms with E-state index in [-0.39, 0.29) is 35.6 Å². The van der Waals surface area contributed by atoms with Gasteiger partial charge in [-0.25, -0.2) is 4.79 Å². The molecule has 136 valence electrons. The van der Waals surface area contributed by atoms with Crippen LogP contribution in [0.3, 0.4) is 0 Å². The molecule has 0 bridgehead atoms. The first-order valence-electron chi connectivity index (χ1n) is 9.10. The Hall–Kier alpha value is -0.790. The van der Waals surface area contributed by atoms with E-state index in [1.165, 1.54) is 30.6 Å². The summed E-state index contributed by atoms with van der Waals surface area (Å²) in [6, 6.07) is -0.219. The molecule has 7 heteroatoms. The van der Waals surface area contributed by atoms with Crippen molar-refractivity contribution >= 4 is 23.7 Å². The second-order valence-electron chi connectivity index (χ2n) is 7.74. The van der Waals surface area contributed by atoms with Gasteiger partial charge in [-0.05, 0) is 25.2 Å². The highest BCUT2D eigenvalue weighted by molar-refractivity contribution is 8.00. The molecule has 1 aliphatic carbocycles. The van der Waals surface area contributed by atoms with Gasteiger partial charge >= 0.3 is 6.03 Å². The molecule has 3 aliphatic rings. The van der Waals surface area contributed by atoms with Crippen molar-refractivity contribution in [2.24, 2.45) is 11.8 Å². The molecule has 0 aromatic heterocycles. The molecule has 2 saturated heterocycles. The number of thioether (sulfide) groups is 1. The predicted octanol–water partition coefficient (Wildman–Crippen LogP) is 2.02. The highest BCUT2D eigenvalue weighted by Crippen LogP contribution is 2.38. The first kappa shape index (κ1) is 18.0. The zero-order valence-corrected chi connectivity index (χ0v) is 15.9. The molecule has 0 aromatic rings. The molecule has 0 spiro atoms. The second kappa shape index (κ2) is 7.22. The Bertz CT molecular complexity index is 495. The lowest BCUT2D eigenvalue weighted by Crippen LogP contribution is -2.74. The monoisotopic (exact) mass is 354 g/mol. The summed E-state index contributed by atoms with van der Waals surface area (Å²) in [5.74, 6) is 0.250. The number of hydrogen-bond acceptors (Lipinski definition) is 5. The van der Waals surface area contributed by atoms with Crippen molar-refractivity contribution in [3.8, 4) is 0 Å². The summed E-state index contributed by atoms with van der Waals surface area (Å²) < 4.78 is 0. The van der Waals surface area contributed by atoms with Gasteiger partial charge in [0, 0.05) is 19.3 Å². The van der Waals surface area contributed by atoms with Gasteiger partial charge in [0.2, 0.25) is 5.91 Å². The SMILES string of the molecule is CC(C)CC1NC(SC2CCCC2)C2C(=O)N(C)C(=O)N(C)C2N1. The lowest BCUT2D eigenvalue weighted by Gasteiger charge is -2.51. The third kappa shape index (κ3) is 3.44. The number of carbonyl (C=O) groups excluding carboxylic acids is 2. The van der Waals surface area contributed by atoms with Crippen molar-refractivity contribution < 1.29 is 9.59 Å². The van der Waals surface area contributed by atoms with Crippen molar-refractivity contribution in [2.75, 3.05) is 14.1 Å². The standard InChI is InChI=1S/C17H30N4O2S/c1-10(2)9-12-18-14-13(16(22)21(4)17(23)20(14)3)15(19-12)24-11-7-5-6-8-11/h10-15,18-19H,5-9H2,1-4H3. The highest BCUT2D eigenvalue weighted by Gasteiger charge is 2.51. The van der Waals surface area contributed by atoms with Gasteiger partial charge in [-0.2, -0.15) is 0 Å². The van der Waals surface area contributed by atoms with Crippen LogP contribution in [-0.2, 0) is 4.79 Å². The number of hydrogen-bond donors (Lipinski definition) is 2. The van der Waals surface area contributed by atoms with Crippen molar-refractivity contribution in [1.82, 2.24) is 20.4 Å². The summed E-state index contributed by atoms with van der Waals surface area (Å²) in [6.45, 7) is 4.40. The molecule has 0 aromatic carbocycles. The third-order valence-corrected chi connectivity index (χ3v) is 6.95. The summed E-state index contributed by atoms with van der Waals surface area (Å²) in [5, 5.41) is 7.86. The van der Waals surface area contributed by atoms with Crippen LogP contribution in [0.2, 0.25) is 0 Å². The quantitative estimate of drug-likeness (QED) is 0.809. The fraction of sp³-hybridized carbons (Fsp3) is 0.882. The van der Waals surface area contributed by atoms with Crippen LogP contribution in [0.25, 0.3) is 0 Å². The molecule has 4 unspecified atom stereocenters. The number of carbonyl (C=O) groups is 2. The van der Waals surface area contributed by atoms with E-state index in [1.807, 2.05) is 11.8 Å². The second-order valence-corrected chi connectivity index (χ2v) is 9.19. The minimum atomic E-state index is -0.230. The van der Waals surface area contributed by atoms with Gasteiger partial charge in [0.25, 0.3) is 0 Å². The van der Waals surface area contributed by atoms with E-state index >= 15 is 0 Å². The number of fused-ring (bicyclic) bond motifs is 1. The minimum absolute atomic E-state index is 0.0635. The largest absolute Gasteiger partial charge is 0.327 e. The number of nitrogens with zero attached hydrogens (tertiary/aromatic N) is 2. The molecule has 2 aliphatic heterocycles. The summed E-state index contributed by atoms with van der Waals surface area (Å²) in [4.78, 5) is 28.1. The number of urea groups is 1.